The van der Waals surface area contributed by atoms with E-state index < -0.39 is 0 Å². The van der Waals surface area contributed by atoms with Crippen molar-refractivity contribution in [1.29, 1.82) is 0 Å². The van der Waals surface area contributed by atoms with Gasteiger partial charge in [-0.25, -0.2) is 0 Å². The summed E-state index contributed by atoms with van der Waals surface area (Å²) in [6.07, 6.45) is 0.758. The molecule has 2 nitrogen and oxygen atoms in total. The van der Waals surface area contributed by atoms with Crippen LogP contribution in [0.4, 0.5) is 0 Å². The molecule has 86 valence electrons. The van der Waals surface area contributed by atoms with E-state index in [2.05, 4.69) is 20.8 Å². The third kappa shape index (κ3) is 7.65. The number of aliphatic hydroxyl groups is 1. The number of rotatable bonds is 8. The van der Waals surface area contributed by atoms with Gasteiger partial charge in [0, 0.05) is 19.5 Å². The Morgan fingerprint density at radius 1 is 1.21 bits per heavy atom. The molecule has 2 unspecified atom stereocenters. The highest BCUT2D eigenvalue weighted by atomic mass is 32.2. The molecule has 2 atom stereocenters. The lowest BCUT2D eigenvalue weighted by Crippen LogP contribution is -2.22. The molecule has 0 rings (SSSR count). The van der Waals surface area contributed by atoms with Crippen LogP contribution in [0.1, 0.15) is 27.2 Å². The standard InChI is InChI=1S/C11H24O2S/c1-9(2)7-14-8-11(12)10(3)5-6-13-4/h9-12H,5-8H2,1-4H3. The quantitative estimate of drug-likeness (QED) is 0.681. The molecular weight excluding hydrogens is 196 g/mol. The minimum absolute atomic E-state index is 0.186. The zero-order valence-corrected chi connectivity index (χ0v) is 10.6. The molecule has 0 heterocycles. The highest BCUT2D eigenvalue weighted by molar-refractivity contribution is 7.99. The van der Waals surface area contributed by atoms with Crippen LogP contribution in [-0.2, 0) is 4.74 Å². The van der Waals surface area contributed by atoms with E-state index in [4.69, 9.17) is 4.74 Å². The van der Waals surface area contributed by atoms with Gasteiger partial charge in [0.25, 0.3) is 0 Å². The number of thioether (sulfide) groups is 1. The van der Waals surface area contributed by atoms with Gasteiger partial charge in [-0.1, -0.05) is 20.8 Å². The van der Waals surface area contributed by atoms with E-state index in [1.165, 1.54) is 0 Å². The van der Waals surface area contributed by atoms with Crippen LogP contribution >= 0.6 is 11.8 Å². The van der Waals surface area contributed by atoms with E-state index in [9.17, 15) is 5.11 Å². The molecule has 0 fully saturated rings. The number of methoxy groups -OCH3 is 1. The Labute approximate surface area is 92.4 Å². The van der Waals surface area contributed by atoms with Crippen molar-refractivity contribution < 1.29 is 9.84 Å². The van der Waals surface area contributed by atoms with Gasteiger partial charge in [0.1, 0.15) is 0 Å². The van der Waals surface area contributed by atoms with Crippen molar-refractivity contribution >= 4 is 11.8 Å². The molecule has 0 bridgehead atoms. The molecular formula is C11H24O2S. The normalized spacial score (nSPS) is 15.9. The molecule has 1 N–H and O–H groups in total. The SMILES string of the molecule is COCCC(C)C(O)CSCC(C)C. The molecule has 0 spiro atoms. The zero-order valence-electron chi connectivity index (χ0n) is 9.82. The highest BCUT2D eigenvalue weighted by Gasteiger charge is 2.13. The Hall–Kier alpha value is 0.270. The molecule has 0 saturated carbocycles. The maximum Gasteiger partial charge on any atom is 0.0656 e. The fraction of sp³-hybridized carbons (Fsp3) is 1.00. The summed E-state index contributed by atoms with van der Waals surface area (Å²) >= 11 is 1.84. The summed E-state index contributed by atoms with van der Waals surface area (Å²) in [5, 5.41) is 9.78. The lowest BCUT2D eigenvalue weighted by Gasteiger charge is -2.18. The van der Waals surface area contributed by atoms with E-state index >= 15 is 0 Å². The van der Waals surface area contributed by atoms with Gasteiger partial charge in [-0.05, 0) is 24.0 Å². The fourth-order valence-corrected chi connectivity index (χ4v) is 2.26. The van der Waals surface area contributed by atoms with E-state index in [1.807, 2.05) is 11.8 Å². The molecule has 0 aliphatic rings. The third-order valence-electron chi connectivity index (χ3n) is 2.17. The van der Waals surface area contributed by atoms with E-state index in [0.717, 1.165) is 24.5 Å². The van der Waals surface area contributed by atoms with Crippen LogP contribution in [0.5, 0.6) is 0 Å². The monoisotopic (exact) mass is 220 g/mol. The van der Waals surface area contributed by atoms with Crippen molar-refractivity contribution in [3.8, 4) is 0 Å². The van der Waals surface area contributed by atoms with Crippen LogP contribution < -0.4 is 0 Å². The van der Waals surface area contributed by atoms with Crippen LogP contribution in [0, 0.1) is 11.8 Å². The van der Waals surface area contributed by atoms with Crippen molar-refractivity contribution in [3.63, 3.8) is 0 Å². The Kier molecular flexibility index (Phi) is 8.73. The van der Waals surface area contributed by atoms with Crippen molar-refractivity contribution in [1.82, 2.24) is 0 Å². The van der Waals surface area contributed by atoms with Crippen LogP contribution in [0.3, 0.4) is 0 Å². The summed E-state index contributed by atoms with van der Waals surface area (Å²) < 4.78 is 4.99. The van der Waals surface area contributed by atoms with Gasteiger partial charge in [-0.2, -0.15) is 11.8 Å². The van der Waals surface area contributed by atoms with E-state index in [0.29, 0.717) is 11.8 Å². The minimum atomic E-state index is -0.186. The summed E-state index contributed by atoms with van der Waals surface area (Å²) in [5.74, 6) is 3.04. The first-order chi connectivity index (χ1) is 6.57. The average molecular weight is 220 g/mol. The summed E-state index contributed by atoms with van der Waals surface area (Å²) in [7, 11) is 1.70. The highest BCUT2D eigenvalue weighted by Crippen LogP contribution is 2.15. The number of hydrogen-bond donors (Lipinski definition) is 1. The van der Waals surface area contributed by atoms with Crippen LogP contribution in [0.25, 0.3) is 0 Å². The summed E-state index contributed by atoms with van der Waals surface area (Å²) in [5.41, 5.74) is 0. The lowest BCUT2D eigenvalue weighted by molar-refractivity contribution is 0.105. The zero-order chi connectivity index (χ0) is 11.0. The van der Waals surface area contributed by atoms with Gasteiger partial charge >= 0.3 is 0 Å². The summed E-state index contributed by atoms with van der Waals surface area (Å²) in [6, 6.07) is 0. The van der Waals surface area contributed by atoms with Crippen molar-refractivity contribution in [2.45, 2.75) is 33.3 Å². The first-order valence-electron chi connectivity index (χ1n) is 5.32. The Morgan fingerprint density at radius 3 is 2.36 bits per heavy atom. The predicted octanol–water partition coefficient (Wildman–Crippen LogP) is 2.41. The topological polar surface area (TPSA) is 29.5 Å². The molecule has 0 aromatic rings. The molecule has 14 heavy (non-hydrogen) atoms. The predicted molar refractivity (Wildman–Crippen MR) is 63.8 cm³/mol. The Morgan fingerprint density at radius 2 is 1.86 bits per heavy atom. The minimum Gasteiger partial charge on any atom is -0.392 e. The molecule has 0 saturated heterocycles. The second kappa shape index (κ2) is 8.57. The molecule has 0 aliphatic heterocycles. The maximum absolute atomic E-state index is 9.78. The fourth-order valence-electron chi connectivity index (χ4n) is 1.08. The van der Waals surface area contributed by atoms with E-state index in [1.54, 1.807) is 7.11 Å². The first kappa shape index (κ1) is 14.3. The Bertz CT molecular complexity index is 128. The van der Waals surface area contributed by atoms with E-state index in [-0.39, 0.29) is 6.10 Å². The van der Waals surface area contributed by atoms with Crippen molar-refractivity contribution in [3.05, 3.63) is 0 Å². The first-order valence-corrected chi connectivity index (χ1v) is 6.48. The van der Waals surface area contributed by atoms with Crippen LogP contribution in [0.15, 0.2) is 0 Å². The van der Waals surface area contributed by atoms with Crippen molar-refractivity contribution in [2.24, 2.45) is 11.8 Å². The van der Waals surface area contributed by atoms with Crippen LogP contribution in [0.2, 0.25) is 0 Å². The van der Waals surface area contributed by atoms with Gasteiger partial charge < -0.3 is 9.84 Å². The number of aliphatic hydroxyl groups excluding tert-OH is 1. The number of ether oxygens (including phenoxy) is 1. The summed E-state index contributed by atoms with van der Waals surface area (Å²) in [6.45, 7) is 7.23. The smallest absolute Gasteiger partial charge is 0.0656 e. The molecule has 0 amide bonds. The molecule has 0 aromatic heterocycles. The van der Waals surface area contributed by atoms with Gasteiger partial charge in [-0.3, -0.25) is 0 Å². The van der Waals surface area contributed by atoms with Gasteiger partial charge in [-0.15, -0.1) is 0 Å². The van der Waals surface area contributed by atoms with Crippen molar-refractivity contribution in [2.75, 3.05) is 25.2 Å². The van der Waals surface area contributed by atoms with Gasteiger partial charge in [0.15, 0.2) is 0 Å². The molecule has 0 aromatic carbocycles. The lowest BCUT2D eigenvalue weighted by atomic mass is 10.0. The molecule has 3 heteroatoms. The van der Waals surface area contributed by atoms with Crippen LogP contribution in [-0.4, -0.2) is 36.4 Å². The molecule has 0 aliphatic carbocycles. The van der Waals surface area contributed by atoms with Gasteiger partial charge in [0.2, 0.25) is 0 Å². The Balaban J connectivity index is 3.46. The second-order valence-corrected chi connectivity index (χ2v) is 5.33. The molecule has 0 radical (unpaired) electrons. The summed E-state index contributed by atoms with van der Waals surface area (Å²) in [4.78, 5) is 0. The van der Waals surface area contributed by atoms with Gasteiger partial charge in [0.05, 0.1) is 6.10 Å². The average Bonchev–Trinajstić information content (AvgIpc) is 2.13. The largest absolute Gasteiger partial charge is 0.392 e. The second-order valence-electron chi connectivity index (χ2n) is 4.26. The number of hydrogen-bond acceptors (Lipinski definition) is 3. The third-order valence-corrected chi connectivity index (χ3v) is 3.65. The maximum atomic E-state index is 9.78.